The van der Waals surface area contributed by atoms with Crippen molar-refractivity contribution in [3.63, 3.8) is 0 Å². The standard InChI is InChI=1S/C13H17NO3/c1-3-11(13(16)17)12(15)14-9(2)10-7-5-4-6-8-10/h4-9,11H,3H2,1-2H3,(H,14,15)(H,16,17)/t9-,11-/m1/s1. The number of amides is 1. The number of rotatable bonds is 5. The highest BCUT2D eigenvalue weighted by atomic mass is 16.4. The molecular weight excluding hydrogens is 218 g/mol. The van der Waals surface area contributed by atoms with E-state index in [0.717, 1.165) is 5.56 Å². The lowest BCUT2D eigenvalue weighted by molar-refractivity contribution is -0.147. The smallest absolute Gasteiger partial charge is 0.316 e. The number of carbonyl (C=O) groups is 2. The maximum atomic E-state index is 11.7. The summed E-state index contributed by atoms with van der Waals surface area (Å²) in [6.07, 6.45) is 0.294. The third-order valence-corrected chi connectivity index (χ3v) is 2.68. The Kier molecular flexibility index (Phi) is 4.69. The highest BCUT2D eigenvalue weighted by Gasteiger charge is 2.25. The molecule has 1 aromatic rings. The van der Waals surface area contributed by atoms with Crippen LogP contribution < -0.4 is 5.32 Å². The molecule has 1 rings (SSSR count). The summed E-state index contributed by atoms with van der Waals surface area (Å²) in [6.45, 7) is 3.52. The van der Waals surface area contributed by atoms with E-state index in [1.165, 1.54) is 0 Å². The average molecular weight is 235 g/mol. The molecule has 0 aliphatic carbocycles. The van der Waals surface area contributed by atoms with E-state index in [0.29, 0.717) is 6.42 Å². The number of benzene rings is 1. The molecule has 0 aliphatic heterocycles. The van der Waals surface area contributed by atoms with Gasteiger partial charge in [0.15, 0.2) is 0 Å². The first-order valence-electron chi connectivity index (χ1n) is 5.64. The quantitative estimate of drug-likeness (QED) is 0.767. The minimum Gasteiger partial charge on any atom is -0.481 e. The van der Waals surface area contributed by atoms with Gasteiger partial charge in [-0.25, -0.2) is 0 Å². The molecule has 0 bridgehead atoms. The largest absolute Gasteiger partial charge is 0.481 e. The molecule has 4 heteroatoms. The summed E-state index contributed by atoms with van der Waals surface area (Å²) < 4.78 is 0. The maximum absolute atomic E-state index is 11.7. The maximum Gasteiger partial charge on any atom is 0.316 e. The molecule has 1 aromatic carbocycles. The van der Waals surface area contributed by atoms with Crippen LogP contribution in [0.3, 0.4) is 0 Å². The van der Waals surface area contributed by atoms with Crippen LogP contribution in [-0.4, -0.2) is 17.0 Å². The molecule has 0 fully saturated rings. The van der Waals surface area contributed by atoms with Gasteiger partial charge < -0.3 is 10.4 Å². The summed E-state index contributed by atoms with van der Waals surface area (Å²) in [5, 5.41) is 11.6. The van der Waals surface area contributed by atoms with E-state index in [9.17, 15) is 9.59 Å². The molecule has 0 spiro atoms. The third kappa shape index (κ3) is 3.59. The molecule has 0 radical (unpaired) electrons. The summed E-state index contributed by atoms with van der Waals surface area (Å²) >= 11 is 0. The van der Waals surface area contributed by atoms with Gasteiger partial charge in [0.25, 0.3) is 0 Å². The van der Waals surface area contributed by atoms with Crippen LogP contribution in [0, 0.1) is 5.92 Å². The SMILES string of the molecule is CC[C@@H](C(=O)O)C(=O)N[C@H](C)c1ccccc1. The molecule has 0 saturated carbocycles. The second kappa shape index (κ2) is 6.03. The molecule has 2 N–H and O–H groups in total. The molecule has 0 unspecified atom stereocenters. The van der Waals surface area contributed by atoms with Gasteiger partial charge >= 0.3 is 5.97 Å². The lowest BCUT2D eigenvalue weighted by Crippen LogP contribution is -2.36. The summed E-state index contributed by atoms with van der Waals surface area (Å²) in [7, 11) is 0. The van der Waals surface area contributed by atoms with Crippen LogP contribution in [0.1, 0.15) is 31.9 Å². The number of carbonyl (C=O) groups excluding carboxylic acids is 1. The Balaban J connectivity index is 2.66. The van der Waals surface area contributed by atoms with Gasteiger partial charge in [0.1, 0.15) is 5.92 Å². The normalized spacial score (nSPS) is 13.8. The van der Waals surface area contributed by atoms with Crippen LogP contribution in [0.5, 0.6) is 0 Å². The Morgan fingerprint density at radius 3 is 2.35 bits per heavy atom. The number of aliphatic carboxylic acids is 1. The second-order valence-electron chi connectivity index (χ2n) is 3.94. The van der Waals surface area contributed by atoms with Gasteiger partial charge in [-0.05, 0) is 18.9 Å². The van der Waals surface area contributed by atoms with Crippen LogP contribution >= 0.6 is 0 Å². The van der Waals surface area contributed by atoms with E-state index < -0.39 is 17.8 Å². The van der Waals surface area contributed by atoms with Crippen molar-refractivity contribution in [2.45, 2.75) is 26.3 Å². The van der Waals surface area contributed by atoms with E-state index in [-0.39, 0.29) is 6.04 Å². The Bertz CT molecular complexity index is 389. The van der Waals surface area contributed by atoms with Gasteiger partial charge in [0.05, 0.1) is 6.04 Å². The van der Waals surface area contributed by atoms with Crippen LogP contribution in [0.25, 0.3) is 0 Å². The van der Waals surface area contributed by atoms with Crippen molar-refractivity contribution in [1.29, 1.82) is 0 Å². The molecule has 1 amide bonds. The van der Waals surface area contributed by atoms with Gasteiger partial charge in [-0.2, -0.15) is 0 Å². The van der Waals surface area contributed by atoms with Crippen molar-refractivity contribution >= 4 is 11.9 Å². The van der Waals surface area contributed by atoms with Crippen molar-refractivity contribution in [3.8, 4) is 0 Å². The van der Waals surface area contributed by atoms with E-state index in [1.54, 1.807) is 6.92 Å². The van der Waals surface area contributed by atoms with Crippen LogP contribution in [-0.2, 0) is 9.59 Å². The fourth-order valence-electron chi connectivity index (χ4n) is 1.61. The fourth-order valence-corrected chi connectivity index (χ4v) is 1.61. The molecule has 0 saturated heterocycles. The second-order valence-corrected chi connectivity index (χ2v) is 3.94. The monoisotopic (exact) mass is 235 g/mol. The van der Waals surface area contributed by atoms with Gasteiger partial charge in [0.2, 0.25) is 5.91 Å². The van der Waals surface area contributed by atoms with Gasteiger partial charge in [0, 0.05) is 0 Å². The summed E-state index contributed by atoms with van der Waals surface area (Å²) in [5.41, 5.74) is 0.959. The molecule has 17 heavy (non-hydrogen) atoms. The van der Waals surface area contributed by atoms with E-state index in [4.69, 9.17) is 5.11 Å². The lowest BCUT2D eigenvalue weighted by Gasteiger charge is -2.17. The molecule has 0 aliphatic rings. The minimum absolute atomic E-state index is 0.183. The zero-order valence-electron chi connectivity index (χ0n) is 10.0. The highest BCUT2D eigenvalue weighted by molar-refractivity contribution is 5.96. The van der Waals surface area contributed by atoms with Crippen molar-refractivity contribution in [1.82, 2.24) is 5.32 Å². The average Bonchev–Trinajstić information content (AvgIpc) is 2.30. The Hall–Kier alpha value is -1.84. The molecule has 92 valence electrons. The third-order valence-electron chi connectivity index (χ3n) is 2.68. The molecule has 0 heterocycles. The highest BCUT2D eigenvalue weighted by Crippen LogP contribution is 2.13. The Morgan fingerprint density at radius 2 is 1.88 bits per heavy atom. The number of nitrogens with one attached hydrogen (secondary N) is 1. The fraction of sp³-hybridized carbons (Fsp3) is 0.385. The number of carboxylic acids is 1. The topological polar surface area (TPSA) is 66.4 Å². The Morgan fingerprint density at radius 1 is 1.29 bits per heavy atom. The van der Waals surface area contributed by atoms with Gasteiger partial charge in [-0.3, -0.25) is 9.59 Å². The summed E-state index contributed by atoms with van der Waals surface area (Å²) in [4.78, 5) is 22.5. The van der Waals surface area contributed by atoms with Crippen molar-refractivity contribution in [3.05, 3.63) is 35.9 Å². The van der Waals surface area contributed by atoms with Crippen LogP contribution in [0.15, 0.2) is 30.3 Å². The predicted octanol–water partition coefficient (Wildman–Crippen LogP) is 1.97. The summed E-state index contributed by atoms with van der Waals surface area (Å²) in [5.74, 6) is -2.48. The predicted molar refractivity (Wildman–Crippen MR) is 64.4 cm³/mol. The first-order chi connectivity index (χ1) is 8.06. The molecule has 4 nitrogen and oxygen atoms in total. The van der Waals surface area contributed by atoms with Gasteiger partial charge in [-0.15, -0.1) is 0 Å². The summed E-state index contributed by atoms with van der Waals surface area (Å²) in [6, 6.07) is 9.26. The molecule has 0 aromatic heterocycles. The number of carboxylic acid groups (broad SMARTS) is 1. The van der Waals surface area contributed by atoms with Crippen molar-refractivity contribution < 1.29 is 14.7 Å². The van der Waals surface area contributed by atoms with Crippen LogP contribution in [0.4, 0.5) is 0 Å². The lowest BCUT2D eigenvalue weighted by atomic mass is 10.0. The van der Waals surface area contributed by atoms with Crippen LogP contribution in [0.2, 0.25) is 0 Å². The van der Waals surface area contributed by atoms with Crippen molar-refractivity contribution in [2.24, 2.45) is 5.92 Å². The van der Waals surface area contributed by atoms with Gasteiger partial charge in [-0.1, -0.05) is 37.3 Å². The first kappa shape index (κ1) is 13.2. The molecular formula is C13H17NO3. The van der Waals surface area contributed by atoms with E-state index >= 15 is 0 Å². The zero-order valence-corrected chi connectivity index (χ0v) is 10.0. The number of hydrogen-bond donors (Lipinski definition) is 2. The Labute approximate surface area is 101 Å². The minimum atomic E-state index is -1.08. The molecule has 2 atom stereocenters. The number of hydrogen-bond acceptors (Lipinski definition) is 2. The zero-order chi connectivity index (χ0) is 12.8. The first-order valence-corrected chi connectivity index (χ1v) is 5.64. The van der Waals surface area contributed by atoms with E-state index in [1.807, 2.05) is 37.3 Å². The van der Waals surface area contributed by atoms with Crippen molar-refractivity contribution in [2.75, 3.05) is 0 Å². The van der Waals surface area contributed by atoms with E-state index in [2.05, 4.69) is 5.32 Å².